The summed E-state index contributed by atoms with van der Waals surface area (Å²) < 4.78 is 40.4. The molecular formula is C12H11BrF3NO4. The number of benzene rings is 1. The lowest BCUT2D eigenvalue weighted by Gasteiger charge is -2.21. The molecular weight excluding hydrogens is 359 g/mol. The first-order valence-electron chi connectivity index (χ1n) is 5.53. The van der Waals surface area contributed by atoms with Crippen LogP contribution in [0.3, 0.4) is 0 Å². The Bertz CT molecular complexity index is 572. The van der Waals surface area contributed by atoms with Gasteiger partial charge in [-0.15, -0.1) is 13.2 Å². The monoisotopic (exact) mass is 369 g/mol. The summed E-state index contributed by atoms with van der Waals surface area (Å²) in [4.78, 5) is 22.8. The number of amides is 1. The van der Waals surface area contributed by atoms with E-state index < -0.39 is 29.5 Å². The van der Waals surface area contributed by atoms with Gasteiger partial charge >= 0.3 is 12.3 Å². The molecule has 1 aromatic rings. The maximum absolute atomic E-state index is 12.2. The summed E-state index contributed by atoms with van der Waals surface area (Å²) in [6.45, 7) is 2.50. The minimum atomic E-state index is -4.90. The molecule has 0 fully saturated rings. The van der Waals surface area contributed by atoms with Crippen molar-refractivity contribution in [3.05, 3.63) is 28.2 Å². The van der Waals surface area contributed by atoms with Crippen molar-refractivity contribution in [3.63, 3.8) is 0 Å². The van der Waals surface area contributed by atoms with Crippen LogP contribution in [0, 0.1) is 0 Å². The van der Waals surface area contributed by atoms with Crippen LogP contribution in [0.4, 0.5) is 13.2 Å². The highest BCUT2D eigenvalue weighted by atomic mass is 79.9. The number of carbonyl (C=O) groups is 2. The zero-order valence-corrected chi connectivity index (χ0v) is 12.5. The summed E-state index contributed by atoms with van der Waals surface area (Å²) in [6, 6.07) is 3.30. The van der Waals surface area contributed by atoms with Crippen molar-refractivity contribution in [3.8, 4) is 5.75 Å². The number of rotatable bonds is 4. The zero-order valence-electron chi connectivity index (χ0n) is 10.9. The maximum Gasteiger partial charge on any atom is 0.573 e. The molecule has 0 bridgehead atoms. The SMILES string of the molecule is CC(C)(NC(=O)c1ccc(Br)c(OC(F)(F)F)c1)C(=O)O. The Morgan fingerprint density at radius 1 is 1.29 bits per heavy atom. The molecule has 2 N–H and O–H groups in total. The van der Waals surface area contributed by atoms with Crippen molar-refractivity contribution in [1.82, 2.24) is 5.32 Å². The predicted molar refractivity (Wildman–Crippen MR) is 70.0 cm³/mol. The number of carboxylic acid groups (broad SMARTS) is 1. The van der Waals surface area contributed by atoms with Gasteiger partial charge in [0, 0.05) is 5.56 Å². The molecule has 0 aliphatic rings. The van der Waals surface area contributed by atoms with Gasteiger partial charge in [-0.2, -0.15) is 0 Å². The first kappa shape index (κ1) is 17.3. The number of halogens is 4. The number of aliphatic carboxylic acids is 1. The molecule has 0 aromatic heterocycles. The highest BCUT2D eigenvalue weighted by molar-refractivity contribution is 9.10. The lowest BCUT2D eigenvalue weighted by Crippen LogP contribution is -2.49. The van der Waals surface area contributed by atoms with Gasteiger partial charge in [-0.25, -0.2) is 4.79 Å². The van der Waals surface area contributed by atoms with E-state index in [0.717, 1.165) is 6.07 Å². The number of carboxylic acids is 1. The number of nitrogens with one attached hydrogen (secondary N) is 1. The molecule has 1 aromatic carbocycles. The summed E-state index contributed by atoms with van der Waals surface area (Å²) in [5.74, 6) is -2.70. The molecule has 0 radical (unpaired) electrons. The van der Waals surface area contributed by atoms with Gasteiger partial charge in [0.15, 0.2) is 0 Å². The van der Waals surface area contributed by atoms with Crippen molar-refractivity contribution >= 4 is 27.8 Å². The zero-order chi connectivity index (χ0) is 16.4. The van der Waals surface area contributed by atoms with Crippen LogP contribution in [-0.4, -0.2) is 28.9 Å². The molecule has 5 nitrogen and oxygen atoms in total. The van der Waals surface area contributed by atoms with Crippen molar-refractivity contribution in [2.75, 3.05) is 0 Å². The van der Waals surface area contributed by atoms with Crippen molar-refractivity contribution in [1.29, 1.82) is 0 Å². The van der Waals surface area contributed by atoms with E-state index in [4.69, 9.17) is 5.11 Å². The number of hydrogen-bond donors (Lipinski definition) is 2. The molecule has 21 heavy (non-hydrogen) atoms. The summed E-state index contributed by atoms with van der Waals surface area (Å²) in [5.41, 5.74) is -1.72. The second kappa shape index (κ2) is 5.92. The van der Waals surface area contributed by atoms with E-state index in [0.29, 0.717) is 0 Å². The van der Waals surface area contributed by atoms with E-state index in [1.54, 1.807) is 0 Å². The highest BCUT2D eigenvalue weighted by Crippen LogP contribution is 2.31. The summed E-state index contributed by atoms with van der Waals surface area (Å²) >= 11 is 2.87. The largest absolute Gasteiger partial charge is 0.573 e. The average molecular weight is 370 g/mol. The molecule has 0 spiro atoms. The van der Waals surface area contributed by atoms with Crippen LogP contribution >= 0.6 is 15.9 Å². The second-order valence-electron chi connectivity index (χ2n) is 4.58. The third-order valence-corrected chi connectivity index (χ3v) is 3.03. The molecule has 0 heterocycles. The molecule has 0 aliphatic carbocycles. The van der Waals surface area contributed by atoms with Crippen LogP contribution in [0.1, 0.15) is 24.2 Å². The van der Waals surface area contributed by atoms with Crippen molar-refractivity contribution in [2.45, 2.75) is 25.7 Å². The number of ether oxygens (including phenoxy) is 1. The third kappa shape index (κ3) is 4.92. The molecule has 9 heteroatoms. The minimum Gasteiger partial charge on any atom is -0.480 e. The molecule has 0 aliphatic heterocycles. The standard InChI is InChI=1S/C12H11BrF3NO4/c1-11(2,10(19)20)17-9(18)6-3-4-7(13)8(5-6)21-12(14,15)16/h3-5H,1-2H3,(H,17,18)(H,19,20). The Hall–Kier alpha value is -1.77. The van der Waals surface area contributed by atoms with Crippen molar-refractivity contribution < 1.29 is 32.6 Å². The van der Waals surface area contributed by atoms with Crippen LogP contribution in [0.15, 0.2) is 22.7 Å². The Kier molecular flexibility index (Phi) is 4.87. The van der Waals surface area contributed by atoms with E-state index in [2.05, 4.69) is 26.0 Å². The van der Waals surface area contributed by atoms with E-state index in [1.807, 2.05) is 0 Å². The Morgan fingerprint density at radius 3 is 2.33 bits per heavy atom. The minimum absolute atomic E-state index is 0.00821. The first-order valence-corrected chi connectivity index (χ1v) is 6.33. The van der Waals surface area contributed by atoms with Crippen LogP contribution in [0.5, 0.6) is 5.75 Å². The maximum atomic E-state index is 12.2. The Labute approximate surface area is 126 Å². The first-order chi connectivity index (χ1) is 9.42. The van der Waals surface area contributed by atoms with Gasteiger partial charge in [-0.05, 0) is 48.0 Å². The number of alkyl halides is 3. The lowest BCUT2D eigenvalue weighted by atomic mass is 10.1. The van der Waals surface area contributed by atoms with Gasteiger partial charge in [-0.1, -0.05) is 0 Å². The third-order valence-electron chi connectivity index (χ3n) is 2.38. The van der Waals surface area contributed by atoms with E-state index in [-0.39, 0.29) is 10.0 Å². The van der Waals surface area contributed by atoms with Gasteiger partial charge in [0.05, 0.1) is 4.47 Å². The molecule has 0 saturated carbocycles. The number of hydrogen-bond acceptors (Lipinski definition) is 3. The Balaban J connectivity index is 3.02. The molecule has 0 unspecified atom stereocenters. The van der Waals surface area contributed by atoms with Crippen LogP contribution < -0.4 is 10.1 Å². The molecule has 0 saturated heterocycles. The fourth-order valence-corrected chi connectivity index (χ4v) is 1.58. The lowest BCUT2D eigenvalue weighted by molar-refractivity contribution is -0.274. The van der Waals surface area contributed by atoms with Crippen LogP contribution in [-0.2, 0) is 4.79 Å². The topological polar surface area (TPSA) is 75.6 Å². The number of carbonyl (C=O) groups excluding carboxylic acids is 1. The van der Waals surface area contributed by atoms with Gasteiger partial charge in [0.1, 0.15) is 11.3 Å². The van der Waals surface area contributed by atoms with Gasteiger partial charge < -0.3 is 15.2 Å². The van der Waals surface area contributed by atoms with Gasteiger partial charge in [0.25, 0.3) is 5.91 Å². The second-order valence-corrected chi connectivity index (χ2v) is 5.43. The fourth-order valence-electron chi connectivity index (χ4n) is 1.26. The summed E-state index contributed by atoms with van der Waals surface area (Å²) in [7, 11) is 0. The predicted octanol–water partition coefficient (Wildman–Crippen LogP) is 2.94. The van der Waals surface area contributed by atoms with Crippen LogP contribution in [0.2, 0.25) is 0 Å². The van der Waals surface area contributed by atoms with E-state index in [1.165, 1.54) is 26.0 Å². The fraction of sp³-hybridized carbons (Fsp3) is 0.333. The quantitative estimate of drug-likeness (QED) is 0.855. The van der Waals surface area contributed by atoms with E-state index in [9.17, 15) is 22.8 Å². The van der Waals surface area contributed by atoms with Crippen molar-refractivity contribution in [2.24, 2.45) is 0 Å². The van der Waals surface area contributed by atoms with E-state index >= 15 is 0 Å². The Morgan fingerprint density at radius 2 is 1.86 bits per heavy atom. The van der Waals surface area contributed by atoms with Gasteiger partial charge in [0.2, 0.25) is 0 Å². The summed E-state index contributed by atoms with van der Waals surface area (Å²) in [6.07, 6.45) is -4.90. The summed E-state index contributed by atoms with van der Waals surface area (Å²) in [5, 5.41) is 11.1. The normalized spacial score (nSPS) is 11.9. The molecule has 1 amide bonds. The highest BCUT2D eigenvalue weighted by Gasteiger charge is 2.33. The average Bonchev–Trinajstić information content (AvgIpc) is 2.29. The smallest absolute Gasteiger partial charge is 0.480 e. The van der Waals surface area contributed by atoms with Gasteiger partial charge in [-0.3, -0.25) is 4.79 Å². The van der Waals surface area contributed by atoms with Crippen LogP contribution in [0.25, 0.3) is 0 Å². The molecule has 1 rings (SSSR count). The molecule has 116 valence electrons. The molecule has 0 atom stereocenters.